The third-order valence-corrected chi connectivity index (χ3v) is 5.05. The SMILES string of the molecule is COc1ccc(C(C#N)N2CCN(C(=O)c3nc(Cl)ccc3Cl)CC2)cc1. The number of hydrogen-bond donors (Lipinski definition) is 0. The van der Waals surface area contributed by atoms with Gasteiger partial charge >= 0.3 is 0 Å². The van der Waals surface area contributed by atoms with Gasteiger partial charge in [-0.1, -0.05) is 35.3 Å². The number of piperazine rings is 1. The number of hydrogen-bond acceptors (Lipinski definition) is 5. The summed E-state index contributed by atoms with van der Waals surface area (Å²) in [7, 11) is 1.61. The summed E-state index contributed by atoms with van der Waals surface area (Å²) in [6.45, 7) is 2.12. The van der Waals surface area contributed by atoms with E-state index >= 15 is 0 Å². The normalized spacial score (nSPS) is 15.9. The average Bonchev–Trinajstić information content (AvgIpc) is 2.71. The number of nitriles is 1. The molecule has 2 heterocycles. The lowest BCUT2D eigenvalue weighted by Crippen LogP contribution is -2.49. The first kappa shape index (κ1) is 19.4. The largest absolute Gasteiger partial charge is 0.497 e. The molecule has 2 aromatic rings. The van der Waals surface area contributed by atoms with E-state index in [1.807, 2.05) is 24.3 Å². The first-order valence-corrected chi connectivity index (χ1v) is 9.18. The molecule has 0 spiro atoms. The lowest BCUT2D eigenvalue weighted by Gasteiger charge is -2.37. The van der Waals surface area contributed by atoms with Crippen molar-refractivity contribution in [2.45, 2.75) is 6.04 Å². The Morgan fingerprint density at radius 3 is 2.41 bits per heavy atom. The Balaban J connectivity index is 1.67. The predicted molar refractivity (Wildman–Crippen MR) is 103 cm³/mol. The molecule has 140 valence electrons. The highest BCUT2D eigenvalue weighted by Crippen LogP contribution is 2.25. The molecule has 0 bridgehead atoms. The van der Waals surface area contributed by atoms with Crippen LogP contribution in [0.15, 0.2) is 36.4 Å². The molecule has 1 aromatic heterocycles. The highest BCUT2D eigenvalue weighted by molar-refractivity contribution is 6.34. The van der Waals surface area contributed by atoms with Gasteiger partial charge in [-0.05, 0) is 29.8 Å². The van der Waals surface area contributed by atoms with Gasteiger partial charge < -0.3 is 9.64 Å². The lowest BCUT2D eigenvalue weighted by molar-refractivity contribution is 0.0601. The van der Waals surface area contributed by atoms with E-state index in [-0.39, 0.29) is 27.8 Å². The van der Waals surface area contributed by atoms with Gasteiger partial charge in [-0.3, -0.25) is 9.69 Å². The molecule has 1 amide bonds. The van der Waals surface area contributed by atoms with Gasteiger partial charge in [-0.15, -0.1) is 0 Å². The highest BCUT2D eigenvalue weighted by atomic mass is 35.5. The standard InChI is InChI=1S/C19H18Cl2N4O2/c1-27-14-4-2-13(3-5-14)16(12-22)24-8-10-25(11-9-24)19(26)18-15(20)6-7-17(21)23-18/h2-7,16H,8-11H2,1H3. The Labute approximate surface area is 167 Å². The number of aromatic nitrogens is 1. The van der Waals surface area contributed by atoms with Crippen molar-refractivity contribution in [1.82, 2.24) is 14.8 Å². The van der Waals surface area contributed by atoms with Crippen LogP contribution in [-0.2, 0) is 0 Å². The van der Waals surface area contributed by atoms with Gasteiger partial charge in [0.25, 0.3) is 5.91 Å². The molecule has 0 aliphatic carbocycles. The minimum Gasteiger partial charge on any atom is -0.497 e. The number of benzene rings is 1. The van der Waals surface area contributed by atoms with Crippen molar-refractivity contribution in [1.29, 1.82) is 5.26 Å². The fourth-order valence-corrected chi connectivity index (χ4v) is 3.39. The van der Waals surface area contributed by atoms with Crippen LogP contribution in [0.4, 0.5) is 0 Å². The second kappa shape index (κ2) is 8.57. The zero-order chi connectivity index (χ0) is 19.4. The summed E-state index contributed by atoms with van der Waals surface area (Å²) < 4.78 is 5.16. The van der Waals surface area contributed by atoms with Crippen LogP contribution in [0.5, 0.6) is 5.75 Å². The molecule has 1 aliphatic heterocycles. The number of rotatable bonds is 4. The summed E-state index contributed by atoms with van der Waals surface area (Å²) in [5.74, 6) is 0.497. The molecule has 1 atom stereocenters. The Morgan fingerprint density at radius 1 is 1.15 bits per heavy atom. The van der Waals surface area contributed by atoms with Crippen molar-refractivity contribution in [3.63, 3.8) is 0 Å². The number of amides is 1. The van der Waals surface area contributed by atoms with E-state index in [0.717, 1.165) is 11.3 Å². The maximum atomic E-state index is 12.7. The molecule has 0 saturated carbocycles. The smallest absolute Gasteiger partial charge is 0.274 e. The van der Waals surface area contributed by atoms with Gasteiger partial charge in [-0.25, -0.2) is 4.98 Å². The third kappa shape index (κ3) is 4.33. The van der Waals surface area contributed by atoms with Gasteiger partial charge in [0.05, 0.1) is 18.2 Å². The van der Waals surface area contributed by atoms with Gasteiger partial charge in [0.2, 0.25) is 0 Å². The first-order chi connectivity index (χ1) is 13.0. The van der Waals surface area contributed by atoms with E-state index in [1.54, 1.807) is 24.1 Å². The minimum atomic E-state index is -0.374. The van der Waals surface area contributed by atoms with Gasteiger partial charge in [0.1, 0.15) is 22.6 Å². The Bertz CT molecular complexity index is 859. The Morgan fingerprint density at radius 2 is 1.81 bits per heavy atom. The topological polar surface area (TPSA) is 69.5 Å². The second-order valence-electron chi connectivity index (χ2n) is 6.10. The van der Waals surface area contributed by atoms with E-state index in [1.165, 1.54) is 0 Å². The number of pyridine rings is 1. The van der Waals surface area contributed by atoms with Crippen LogP contribution in [0, 0.1) is 11.3 Å². The fraction of sp³-hybridized carbons (Fsp3) is 0.316. The van der Waals surface area contributed by atoms with Crippen molar-refractivity contribution < 1.29 is 9.53 Å². The molecule has 0 radical (unpaired) electrons. The fourth-order valence-electron chi connectivity index (χ4n) is 3.05. The molecule has 1 saturated heterocycles. The molecule has 3 rings (SSSR count). The maximum Gasteiger partial charge on any atom is 0.274 e. The molecular weight excluding hydrogens is 387 g/mol. The van der Waals surface area contributed by atoms with Crippen LogP contribution in [0.25, 0.3) is 0 Å². The lowest BCUT2D eigenvalue weighted by atomic mass is 10.1. The van der Waals surface area contributed by atoms with E-state index in [2.05, 4.69) is 16.0 Å². The van der Waals surface area contributed by atoms with E-state index < -0.39 is 0 Å². The van der Waals surface area contributed by atoms with Crippen molar-refractivity contribution in [3.8, 4) is 11.8 Å². The number of nitrogens with zero attached hydrogens (tertiary/aromatic N) is 4. The van der Waals surface area contributed by atoms with Crippen LogP contribution >= 0.6 is 23.2 Å². The third-order valence-electron chi connectivity index (χ3n) is 4.54. The number of carbonyl (C=O) groups excluding carboxylic acids is 1. The van der Waals surface area contributed by atoms with Crippen LogP contribution in [0.3, 0.4) is 0 Å². The van der Waals surface area contributed by atoms with Crippen LogP contribution in [0.2, 0.25) is 10.2 Å². The number of ether oxygens (including phenoxy) is 1. The molecule has 6 nitrogen and oxygen atoms in total. The summed E-state index contributed by atoms with van der Waals surface area (Å²) in [6.07, 6.45) is 0. The molecule has 0 N–H and O–H groups in total. The van der Waals surface area contributed by atoms with Crippen LogP contribution in [0.1, 0.15) is 22.1 Å². The van der Waals surface area contributed by atoms with Gasteiger partial charge in [0.15, 0.2) is 0 Å². The zero-order valence-electron chi connectivity index (χ0n) is 14.7. The maximum absolute atomic E-state index is 12.7. The molecule has 27 heavy (non-hydrogen) atoms. The van der Waals surface area contributed by atoms with Gasteiger partial charge in [0, 0.05) is 26.2 Å². The molecule has 1 aliphatic rings. The molecule has 1 fully saturated rings. The number of methoxy groups -OCH3 is 1. The monoisotopic (exact) mass is 404 g/mol. The van der Waals surface area contributed by atoms with Crippen molar-refractivity contribution in [3.05, 3.63) is 57.8 Å². The quantitative estimate of drug-likeness (QED) is 0.730. The van der Waals surface area contributed by atoms with Crippen LogP contribution < -0.4 is 4.74 Å². The van der Waals surface area contributed by atoms with Crippen molar-refractivity contribution >= 4 is 29.1 Å². The summed E-state index contributed by atoms with van der Waals surface area (Å²) in [6, 6.07) is 12.5. The van der Waals surface area contributed by atoms with Crippen molar-refractivity contribution in [2.75, 3.05) is 33.3 Å². The second-order valence-corrected chi connectivity index (χ2v) is 6.89. The number of carbonyl (C=O) groups is 1. The van der Waals surface area contributed by atoms with E-state index in [0.29, 0.717) is 26.2 Å². The zero-order valence-corrected chi connectivity index (χ0v) is 16.2. The summed E-state index contributed by atoms with van der Waals surface area (Å²) >= 11 is 12.0. The van der Waals surface area contributed by atoms with Crippen LogP contribution in [-0.4, -0.2) is 54.0 Å². The molecule has 1 unspecified atom stereocenters. The average molecular weight is 405 g/mol. The Hall–Kier alpha value is -2.33. The molecular formula is C19H18Cl2N4O2. The molecule has 8 heteroatoms. The Kier molecular flexibility index (Phi) is 6.17. The van der Waals surface area contributed by atoms with Crippen molar-refractivity contribution in [2.24, 2.45) is 0 Å². The summed E-state index contributed by atoms with van der Waals surface area (Å²) in [4.78, 5) is 20.5. The minimum absolute atomic E-state index is 0.157. The van der Waals surface area contributed by atoms with E-state index in [9.17, 15) is 10.1 Å². The van der Waals surface area contributed by atoms with E-state index in [4.69, 9.17) is 27.9 Å². The summed E-state index contributed by atoms with van der Waals surface area (Å²) in [5.41, 5.74) is 1.06. The summed E-state index contributed by atoms with van der Waals surface area (Å²) in [5, 5.41) is 10.1. The van der Waals surface area contributed by atoms with Gasteiger partial charge in [-0.2, -0.15) is 5.26 Å². The molecule has 1 aromatic carbocycles. The number of halogens is 2. The highest BCUT2D eigenvalue weighted by Gasteiger charge is 2.29. The first-order valence-electron chi connectivity index (χ1n) is 8.42. The predicted octanol–water partition coefficient (Wildman–Crippen LogP) is 3.42.